The van der Waals surface area contributed by atoms with Crippen LogP contribution in [0.25, 0.3) is 17.1 Å². The molecule has 3 aromatic rings. The summed E-state index contributed by atoms with van der Waals surface area (Å²) in [6.07, 6.45) is 4.55. The zero-order valence-electron chi connectivity index (χ0n) is 18.9. The lowest BCUT2D eigenvalue weighted by Crippen LogP contribution is -2.42. The quantitative estimate of drug-likeness (QED) is 0.473. The molecule has 4 rings (SSSR count). The number of carboxylic acid groups (broad SMARTS) is 1. The van der Waals surface area contributed by atoms with Crippen LogP contribution in [0.1, 0.15) is 53.1 Å². The van der Waals surface area contributed by atoms with Gasteiger partial charge in [-0.2, -0.15) is 0 Å². The first-order valence-corrected chi connectivity index (χ1v) is 11.3. The lowest BCUT2D eigenvalue weighted by Gasteiger charge is -2.17. The molecule has 0 unspecified atom stereocenters. The van der Waals surface area contributed by atoms with E-state index in [-0.39, 0.29) is 11.7 Å². The van der Waals surface area contributed by atoms with Crippen LogP contribution in [0.4, 0.5) is 0 Å². The first kappa shape index (κ1) is 23.2. The van der Waals surface area contributed by atoms with Gasteiger partial charge in [0, 0.05) is 18.2 Å². The number of rotatable bonds is 8. The van der Waals surface area contributed by atoms with Crippen molar-refractivity contribution in [2.24, 2.45) is 5.92 Å². The first-order valence-electron chi connectivity index (χ1n) is 11.3. The molecule has 0 radical (unpaired) electrons. The van der Waals surface area contributed by atoms with Crippen molar-refractivity contribution in [3.63, 3.8) is 0 Å². The Balaban J connectivity index is 1.64. The summed E-state index contributed by atoms with van der Waals surface area (Å²) in [5, 5.41) is 19.2. The predicted molar refractivity (Wildman–Crippen MR) is 126 cm³/mol. The third-order valence-electron chi connectivity index (χ3n) is 6.09. The zero-order chi connectivity index (χ0) is 24.1. The SMILES string of the molecule is CNC(=O)c1ccc(-n2nc(C(=O)N[C@H](CC3CCCC3)C(=O)O)nc2-c2ccccc2)cc1. The van der Waals surface area contributed by atoms with E-state index < -0.39 is 17.9 Å². The summed E-state index contributed by atoms with van der Waals surface area (Å²) in [6.45, 7) is 0. The monoisotopic (exact) mass is 461 g/mol. The predicted octanol–water partition coefficient (Wildman–Crippen LogP) is 3.06. The summed E-state index contributed by atoms with van der Waals surface area (Å²) in [6, 6.07) is 15.0. The van der Waals surface area contributed by atoms with E-state index in [2.05, 4.69) is 20.7 Å². The molecular weight excluding hydrogens is 434 g/mol. The van der Waals surface area contributed by atoms with E-state index in [0.717, 1.165) is 31.2 Å². The van der Waals surface area contributed by atoms with Crippen molar-refractivity contribution in [2.45, 2.75) is 38.1 Å². The van der Waals surface area contributed by atoms with Gasteiger partial charge in [-0.1, -0.05) is 56.0 Å². The number of benzene rings is 2. The number of nitrogens with zero attached hydrogens (tertiary/aromatic N) is 3. The van der Waals surface area contributed by atoms with Crippen molar-refractivity contribution >= 4 is 17.8 Å². The molecular formula is C25H27N5O4. The van der Waals surface area contributed by atoms with Crippen LogP contribution in [-0.2, 0) is 4.79 Å². The van der Waals surface area contributed by atoms with Gasteiger partial charge in [0.1, 0.15) is 6.04 Å². The highest BCUT2D eigenvalue weighted by Gasteiger charge is 2.28. The molecule has 176 valence electrons. The van der Waals surface area contributed by atoms with Gasteiger partial charge in [-0.3, -0.25) is 9.59 Å². The molecule has 0 saturated heterocycles. The first-order chi connectivity index (χ1) is 16.5. The highest BCUT2D eigenvalue weighted by Crippen LogP contribution is 2.29. The molecule has 9 heteroatoms. The molecule has 0 spiro atoms. The molecule has 1 atom stereocenters. The Labute approximate surface area is 197 Å². The fraction of sp³-hybridized carbons (Fsp3) is 0.320. The van der Waals surface area contributed by atoms with Gasteiger partial charge in [0.2, 0.25) is 5.82 Å². The fourth-order valence-corrected chi connectivity index (χ4v) is 4.28. The summed E-state index contributed by atoms with van der Waals surface area (Å²) in [4.78, 5) is 41.1. The molecule has 1 saturated carbocycles. The number of aromatic nitrogens is 3. The largest absolute Gasteiger partial charge is 0.480 e. The molecule has 1 aliphatic rings. The van der Waals surface area contributed by atoms with E-state index >= 15 is 0 Å². The Morgan fingerprint density at radius 3 is 2.32 bits per heavy atom. The normalized spacial score (nSPS) is 14.5. The van der Waals surface area contributed by atoms with Crippen LogP contribution in [0.15, 0.2) is 54.6 Å². The van der Waals surface area contributed by atoms with E-state index in [1.54, 1.807) is 31.3 Å². The number of nitrogens with one attached hydrogen (secondary N) is 2. The Morgan fingerprint density at radius 2 is 1.71 bits per heavy atom. The second kappa shape index (κ2) is 10.3. The van der Waals surface area contributed by atoms with Crippen molar-refractivity contribution < 1.29 is 19.5 Å². The third-order valence-corrected chi connectivity index (χ3v) is 6.09. The number of carbonyl (C=O) groups is 3. The molecule has 9 nitrogen and oxygen atoms in total. The molecule has 2 aromatic carbocycles. The van der Waals surface area contributed by atoms with E-state index in [1.165, 1.54) is 4.68 Å². The third kappa shape index (κ3) is 5.14. The minimum Gasteiger partial charge on any atom is -0.480 e. The van der Waals surface area contributed by atoms with Crippen molar-refractivity contribution in [3.05, 3.63) is 66.0 Å². The molecule has 1 fully saturated rings. The van der Waals surface area contributed by atoms with Gasteiger partial charge >= 0.3 is 5.97 Å². The molecule has 1 aromatic heterocycles. The molecule has 34 heavy (non-hydrogen) atoms. The van der Waals surface area contributed by atoms with Gasteiger partial charge in [-0.25, -0.2) is 14.5 Å². The molecule has 0 aliphatic heterocycles. The van der Waals surface area contributed by atoms with Crippen LogP contribution < -0.4 is 10.6 Å². The second-order valence-electron chi connectivity index (χ2n) is 8.41. The Morgan fingerprint density at radius 1 is 1.03 bits per heavy atom. The van der Waals surface area contributed by atoms with Crippen molar-refractivity contribution in [2.75, 3.05) is 7.05 Å². The maximum absolute atomic E-state index is 13.0. The summed E-state index contributed by atoms with van der Waals surface area (Å²) in [5.41, 5.74) is 1.84. The number of carboxylic acids is 1. The van der Waals surface area contributed by atoms with E-state index in [9.17, 15) is 19.5 Å². The Bertz CT molecular complexity index is 1170. The van der Waals surface area contributed by atoms with Gasteiger partial charge < -0.3 is 15.7 Å². The van der Waals surface area contributed by atoms with Gasteiger partial charge in [0.15, 0.2) is 5.82 Å². The maximum Gasteiger partial charge on any atom is 0.326 e. The second-order valence-corrected chi connectivity index (χ2v) is 8.41. The average molecular weight is 462 g/mol. The van der Waals surface area contributed by atoms with Crippen LogP contribution >= 0.6 is 0 Å². The van der Waals surface area contributed by atoms with Gasteiger partial charge in [0.05, 0.1) is 5.69 Å². The van der Waals surface area contributed by atoms with E-state index in [4.69, 9.17) is 0 Å². The van der Waals surface area contributed by atoms with Crippen molar-refractivity contribution in [1.29, 1.82) is 0 Å². The smallest absolute Gasteiger partial charge is 0.326 e. The average Bonchev–Trinajstić information content (AvgIpc) is 3.54. The summed E-state index contributed by atoms with van der Waals surface area (Å²) >= 11 is 0. The van der Waals surface area contributed by atoms with Crippen molar-refractivity contribution in [1.82, 2.24) is 25.4 Å². The topological polar surface area (TPSA) is 126 Å². The lowest BCUT2D eigenvalue weighted by molar-refractivity contribution is -0.139. The highest BCUT2D eigenvalue weighted by molar-refractivity contribution is 5.94. The van der Waals surface area contributed by atoms with Gasteiger partial charge in [-0.15, -0.1) is 5.10 Å². The summed E-state index contributed by atoms with van der Waals surface area (Å²) < 4.78 is 1.52. The number of hydrogen-bond acceptors (Lipinski definition) is 5. The lowest BCUT2D eigenvalue weighted by atomic mass is 9.98. The molecule has 3 N–H and O–H groups in total. The standard InChI is InChI=1S/C25H27N5O4/c1-26-23(31)18-11-13-19(14-12-18)30-22(17-9-3-2-4-10-17)28-21(29-30)24(32)27-20(25(33)34)15-16-7-5-6-8-16/h2-4,9-14,16,20H,5-8,15H2,1H3,(H,26,31)(H,27,32)(H,33,34)/t20-/m1/s1. The number of carbonyl (C=O) groups excluding carboxylic acids is 2. The Hall–Kier alpha value is -4.01. The van der Waals surface area contributed by atoms with Crippen molar-refractivity contribution in [3.8, 4) is 17.1 Å². The maximum atomic E-state index is 13.0. The van der Waals surface area contributed by atoms with E-state index in [0.29, 0.717) is 29.4 Å². The highest BCUT2D eigenvalue weighted by atomic mass is 16.4. The van der Waals surface area contributed by atoms with E-state index in [1.807, 2.05) is 30.3 Å². The molecule has 1 aliphatic carbocycles. The van der Waals surface area contributed by atoms with Crippen LogP contribution in [0.3, 0.4) is 0 Å². The molecule has 2 amide bonds. The number of aliphatic carboxylic acids is 1. The minimum absolute atomic E-state index is 0.119. The summed E-state index contributed by atoms with van der Waals surface area (Å²) in [7, 11) is 1.56. The number of hydrogen-bond donors (Lipinski definition) is 3. The molecule has 1 heterocycles. The summed E-state index contributed by atoms with van der Waals surface area (Å²) in [5.74, 6) is -1.30. The van der Waals surface area contributed by atoms with Crippen LogP contribution in [0.5, 0.6) is 0 Å². The van der Waals surface area contributed by atoms with Gasteiger partial charge in [-0.05, 0) is 36.6 Å². The fourth-order valence-electron chi connectivity index (χ4n) is 4.28. The van der Waals surface area contributed by atoms with Crippen LogP contribution in [0, 0.1) is 5.92 Å². The number of amides is 2. The van der Waals surface area contributed by atoms with Gasteiger partial charge in [0.25, 0.3) is 11.8 Å². The van der Waals surface area contributed by atoms with Crippen LogP contribution in [0.2, 0.25) is 0 Å². The minimum atomic E-state index is -1.06. The zero-order valence-corrected chi connectivity index (χ0v) is 18.9. The Kier molecular flexibility index (Phi) is 7.01. The van der Waals surface area contributed by atoms with Crippen LogP contribution in [-0.4, -0.2) is 50.7 Å². The molecule has 0 bridgehead atoms.